The maximum Gasteiger partial charge on any atom is 0.253 e. The van der Waals surface area contributed by atoms with E-state index >= 15 is 0 Å². The molecule has 0 aliphatic carbocycles. The molecular formula is C18H28N2O3S2. The van der Waals surface area contributed by atoms with E-state index in [1.165, 1.54) is 5.56 Å². The molecule has 0 bridgehead atoms. The van der Waals surface area contributed by atoms with Gasteiger partial charge in [-0.1, -0.05) is 26.0 Å². The molecule has 1 aromatic carbocycles. The topological polar surface area (TPSA) is 66.5 Å². The zero-order valence-corrected chi connectivity index (χ0v) is 16.7. The third-order valence-electron chi connectivity index (χ3n) is 4.27. The van der Waals surface area contributed by atoms with E-state index in [0.29, 0.717) is 37.9 Å². The van der Waals surface area contributed by atoms with E-state index in [2.05, 4.69) is 11.6 Å². The SMILES string of the molecule is CCCS(=O)(=O)NC1CCN(C(=O)c2ccc(CSCC)cc2)CC1. The van der Waals surface area contributed by atoms with Crippen molar-refractivity contribution in [1.82, 2.24) is 9.62 Å². The molecule has 1 aliphatic rings. The summed E-state index contributed by atoms with van der Waals surface area (Å²) in [6.45, 7) is 5.17. The normalized spacial score (nSPS) is 16.2. The summed E-state index contributed by atoms with van der Waals surface area (Å²) in [6.07, 6.45) is 1.94. The molecule has 0 saturated carbocycles. The number of likely N-dealkylation sites (tertiary alicyclic amines) is 1. The summed E-state index contributed by atoms with van der Waals surface area (Å²) in [4.78, 5) is 14.4. The zero-order valence-electron chi connectivity index (χ0n) is 15.0. The second-order valence-electron chi connectivity index (χ2n) is 6.34. The van der Waals surface area contributed by atoms with Crippen LogP contribution in [0.5, 0.6) is 0 Å². The van der Waals surface area contributed by atoms with Crippen molar-refractivity contribution in [2.24, 2.45) is 0 Å². The van der Waals surface area contributed by atoms with Gasteiger partial charge in [-0.25, -0.2) is 13.1 Å². The van der Waals surface area contributed by atoms with Crippen molar-refractivity contribution < 1.29 is 13.2 Å². The summed E-state index contributed by atoms with van der Waals surface area (Å²) < 4.78 is 26.5. The van der Waals surface area contributed by atoms with Gasteiger partial charge in [0, 0.05) is 30.4 Å². The molecule has 0 atom stereocenters. The predicted octanol–water partition coefficient (Wildman–Crippen LogP) is 2.87. The first-order chi connectivity index (χ1) is 11.9. The van der Waals surface area contributed by atoms with Crippen molar-refractivity contribution in [3.63, 3.8) is 0 Å². The molecule has 1 fully saturated rings. The number of rotatable bonds is 8. The lowest BCUT2D eigenvalue weighted by Crippen LogP contribution is -2.46. The minimum atomic E-state index is -3.19. The summed E-state index contributed by atoms with van der Waals surface area (Å²) in [6, 6.07) is 7.76. The monoisotopic (exact) mass is 384 g/mol. The molecular weight excluding hydrogens is 356 g/mol. The third kappa shape index (κ3) is 6.31. The maximum atomic E-state index is 12.6. The zero-order chi connectivity index (χ0) is 18.3. The Balaban J connectivity index is 1.86. The van der Waals surface area contributed by atoms with Crippen molar-refractivity contribution in [2.75, 3.05) is 24.6 Å². The molecule has 0 spiro atoms. The van der Waals surface area contributed by atoms with E-state index in [-0.39, 0.29) is 17.7 Å². The molecule has 1 N–H and O–H groups in total. The van der Waals surface area contributed by atoms with Crippen LogP contribution >= 0.6 is 11.8 Å². The molecule has 1 aliphatic heterocycles. The van der Waals surface area contributed by atoms with Gasteiger partial charge in [0.1, 0.15) is 0 Å². The Hall–Kier alpha value is -1.05. The van der Waals surface area contributed by atoms with Crippen LogP contribution in [0.15, 0.2) is 24.3 Å². The number of carbonyl (C=O) groups excluding carboxylic acids is 1. The highest BCUT2D eigenvalue weighted by Gasteiger charge is 2.26. The standard InChI is InChI=1S/C18H28N2O3S2/c1-3-13-25(22,23)19-17-9-11-20(12-10-17)18(21)16-7-5-15(6-8-16)14-24-4-2/h5-8,17,19H,3-4,9-14H2,1-2H3. The van der Waals surface area contributed by atoms with Crippen molar-refractivity contribution in [3.8, 4) is 0 Å². The fraction of sp³-hybridized carbons (Fsp3) is 0.611. The number of benzene rings is 1. The summed E-state index contributed by atoms with van der Waals surface area (Å²) in [7, 11) is -3.19. The maximum absolute atomic E-state index is 12.6. The van der Waals surface area contributed by atoms with Gasteiger partial charge in [-0.05, 0) is 42.7 Å². The second-order valence-corrected chi connectivity index (χ2v) is 9.48. The van der Waals surface area contributed by atoms with Crippen LogP contribution in [0, 0.1) is 0 Å². The van der Waals surface area contributed by atoms with Crippen molar-refractivity contribution >= 4 is 27.7 Å². The highest BCUT2D eigenvalue weighted by Crippen LogP contribution is 2.17. The Morgan fingerprint density at radius 1 is 1.20 bits per heavy atom. The van der Waals surface area contributed by atoms with Crippen LogP contribution in [0.4, 0.5) is 0 Å². The number of thioether (sulfide) groups is 1. The van der Waals surface area contributed by atoms with Crippen molar-refractivity contribution in [3.05, 3.63) is 35.4 Å². The van der Waals surface area contributed by atoms with E-state index in [0.717, 1.165) is 11.5 Å². The van der Waals surface area contributed by atoms with Crippen LogP contribution in [0.25, 0.3) is 0 Å². The van der Waals surface area contributed by atoms with Crippen molar-refractivity contribution in [1.29, 1.82) is 0 Å². The first kappa shape index (κ1) is 20.3. The molecule has 0 unspecified atom stereocenters. The lowest BCUT2D eigenvalue weighted by atomic mass is 10.0. The van der Waals surface area contributed by atoms with Gasteiger partial charge in [-0.2, -0.15) is 11.8 Å². The number of sulfonamides is 1. The molecule has 0 radical (unpaired) electrons. The number of hydrogen-bond donors (Lipinski definition) is 1. The lowest BCUT2D eigenvalue weighted by molar-refractivity contribution is 0.0711. The van der Waals surface area contributed by atoms with E-state index in [1.54, 1.807) is 0 Å². The Morgan fingerprint density at radius 2 is 1.84 bits per heavy atom. The number of nitrogens with one attached hydrogen (secondary N) is 1. The molecule has 5 nitrogen and oxygen atoms in total. The van der Waals surface area contributed by atoms with Crippen LogP contribution in [-0.4, -0.2) is 49.9 Å². The fourth-order valence-corrected chi connectivity index (χ4v) is 4.96. The lowest BCUT2D eigenvalue weighted by Gasteiger charge is -2.32. The Labute approximate surface area is 155 Å². The van der Waals surface area contributed by atoms with Gasteiger partial charge in [0.2, 0.25) is 10.0 Å². The van der Waals surface area contributed by atoms with Gasteiger partial charge < -0.3 is 4.90 Å². The quantitative estimate of drug-likeness (QED) is 0.748. The summed E-state index contributed by atoms with van der Waals surface area (Å²) in [5.41, 5.74) is 1.93. The largest absolute Gasteiger partial charge is 0.339 e. The number of amides is 1. The van der Waals surface area contributed by atoms with Crippen LogP contribution < -0.4 is 4.72 Å². The average molecular weight is 385 g/mol. The van der Waals surface area contributed by atoms with Gasteiger partial charge in [0.25, 0.3) is 5.91 Å². The first-order valence-electron chi connectivity index (χ1n) is 8.91. The minimum absolute atomic E-state index is 0.0320. The van der Waals surface area contributed by atoms with Gasteiger partial charge in [-0.3, -0.25) is 4.79 Å². The summed E-state index contributed by atoms with van der Waals surface area (Å²) in [5, 5.41) is 0. The van der Waals surface area contributed by atoms with Crippen LogP contribution in [0.1, 0.15) is 49.0 Å². The third-order valence-corrected chi connectivity index (χ3v) is 6.86. The Kier molecular flexibility index (Phi) is 7.78. The Bertz CT molecular complexity index is 651. The van der Waals surface area contributed by atoms with Gasteiger partial charge >= 0.3 is 0 Å². The number of hydrogen-bond acceptors (Lipinski definition) is 4. The molecule has 1 amide bonds. The Morgan fingerprint density at radius 3 is 2.40 bits per heavy atom. The number of piperidine rings is 1. The smallest absolute Gasteiger partial charge is 0.253 e. The number of carbonyl (C=O) groups is 1. The second kappa shape index (κ2) is 9.59. The number of nitrogens with zero attached hydrogens (tertiary/aromatic N) is 1. The van der Waals surface area contributed by atoms with E-state index < -0.39 is 10.0 Å². The van der Waals surface area contributed by atoms with Gasteiger partial charge in [0.15, 0.2) is 0 Å². The van der Waals surface area contributed by atoms with Gasteiger partial charge in [-0.15, -0.1) is 0 Å². The van der Waals surface area contributed by atoms with Crippen molar-refractivity contribution in [2.45, 2.75) is 44.9 Å². The fourth-order valence-electron chi connectivity index (χ4n) is 2.93. The van der Waals surface area contributed by atoms with Crippen LogP contribution in [0.2, 0.25) is 0 Å². The van der Waals surface area contributed by atoms with E-state index in [9.17, 15) is 13.2 Å². The van der Waals surface area contributed by atoms with E-state index in [4.69, 9.17) is 0 Å². The molecule has 140 valence electrons. The van der Waals surface area contributed by atoms with Gasteiger partial charge in [0.05, 0.1) is 5.75 Å². The molecule has 2 rings (SSSR count). The van der Waals surface area contributed by atoms with Crippen LogP contribution in [-0.2, 0) is 15.8 Å². The highest BCUT2D eigenvalue weighted by molar-refractivity contribution is 7.98. The predicted molar refractivity (Wildman–Crippen MR) is 104 cm³/mol. The molecule has 1 saturated heterocycles. The highest BCUT2D eigenvalue weighted by atomic mass is 32.2. The summed E-state index contributed by atoms with van der Waals surface area (Å²) in [5.74, 6) is 2.24. The molecule has 0 aromatic heterocycles. The first-order valence-corrected chi connectivity index (χ1v) is 11.7. The minimum Gasteiger partial charge on any atom is -0.339 e. The molecule has 1 heterocycles. The van der Waals surface area contributed by atoms with E-state index in [1.807, 2.05) is 47.9 Å². The molecule has 7 heteroatoms. The van der Waals surface area contributed by atoms with Crippen LogP contribution in [0.3, 0.4) is 0 Å². The molecule has 1 aromatic rings. The average Bonchev–Trinajstić information content (AvgIpc) is 2.60. The summed E-state index contributed by atoms with van der Waals surface area (Å²) >= 11 is 1.86. The molecule has 25 heavy (non-hydrogen) atoms.